The van der Waals surface area contributed by atoms with Crippen LogP contribution in [0.1, 0.15) is 18.4 Å². The number of carbonyl (C=O) groups is 3. The van der Waals surface area contributed by atoms with Crippen molar-refractivity contribution in [3.63, 3.8) is 0 Å². The van der Waals surface area contributed by atoms with Crippen molar-refractivity contribution in [3.05, 3.63) is 90.5 Å². The maximum atomic E-state index is 13.2. The molecule has 2 amide bonds. The van der Waals surface area contributed by atoms with Gasteiger partial charge >= 0.3 is 5.97 Å². The van der Waals surface area contributed by atoms with Crippen molar-refractivity contribution in [2.45, 2.75) is 25.3 Å². The number of carbonyl (C=O) groups excluding carboxylic acids is 3. The highest BCUT2D eigenvalue weighted by Crippen LogP contribution is 2.35. The Kier molecular flexibility index (Phi) is 6.08. The monoisotopic (exact) mass is 414 g/mol. The van der Waals surface area contributed by atoms with Crippen molar-refractivity contribution in [2.75, 3.05) is 10.2 Å². The number of nitrogens with one attached hydrogen (secondary N) is 1. The highest BCUT2D eigenvalue weighted by Gasteiger charge is 2.39. The second kappa shape index (κ2) is 9.26. The van der Waals surface area contributed by atoms with Gasteiger partial charge in [-0.15, -0.1) is 0 Å². The SMILES string of the molecule is O=C(CC1C(=O)Oc2ccccc2N1C(=O)CCc1ccccc1)Nc1ccccc1. The van der Waals surface area contributed by atoms with Gasteiger partial charge in [0.2, 0.25) is 11.8 Å². The fourth-order valence-corrected chi connectivity index (χ4v) is 3.60. The third-order valence-corrected chi connectivity index (χ3v) is 5.09. The van der Waals surface area contributed by atoms with Crippen LogP contribution in [0.3, 0.4) is 0 Å². The van der Waals surface area contributed by atoms with Gasteiger partial charge in [0.1, 0.15) is 6.04 Å². The van der Waals surface area contributed by atoms with Gasteiger partial charge in [0.15, 0.2) is 5.75 Å². The second-order valence-corrected chi connectivity index (χ2v) is 7.27. The summed E-state index contributed by atoms with van der Waals surface area (Å²) in [5.74, 6) is -0.894. The summed E-state index contributed by atoms with van der Waals surface area (Å²) in [6.07, 6.45) is 0.553. The number of ether oxygens (including phenoxy) is 1. The summed E-state index contributed by atoms with van der Waals surface area (Å²) in [6, 6.07) is 24.5. The highest BCUT2D eigenvalue weighted by atomic mass is 16.5. The Balaban J connectivity index is 1.55. The largest absolute Gasteiger partial charge is 0.423 e. The van der Waals surface area contributed by atoms with E-state index in [0.29, 0.717) is 23.5 Å². The van der Waals surface area contributed by atoms with E-state index in [2.05, 4.69) is 5.32 Å². The molecule has 1 aliphatic rings. The van der Waals surface area contributed by atoms with E-state index >= 15 is 0 Å². The molecular formula is C25H22N2O4. The molecule has 0 fully saturated rings. The van der Waals surface area contributed by atoms with Crippen LogP contribution in [-0.2, 0) is 20.8 Å². The molecule has 0 radical (unpaired) electrons. The quantitative estimate of drug-likeness (QED) is 0.489. The average molecular weight is 414 g/mol. The minimum Gasteiger partial charge on any atom is -0.423 e. The number of aryl methyl sites for hydroxylation is 1. The van der Waals surface area contributed by atoms with Gasteiger partial charge in [0.05, 0.1) is 12.1 Å². The zero-order valence-corrected chi connectivity index (χ0v) is 16.9. The Morgan fingerprint density at radius 1 is 0.871 bits per heavy atom. The lowest BCUT2D eigenvalue weighted by molar-refractivity contribution is -0.140. The van der Waals surface area contributed by atoms with E-state index in [0.717, 1.165) is 5.56 Å². The molecular weight excluding hydrogens is 392 g/mol. The third-order valence-electron chi connectivity index (χ3n) is 5.09. The van der Waals surface area contributed by atoms with Crippen LogP contribution in [0.4, 0.5) is 11.4 Å². The molecule has 0 bridgehead atoms. The first-order valence-electron chi connectivity index (χ1n) is 10.1. The van der Waals surface area contributed by atoms with Crippen molar-refractivity contribution in [1.29, 1.82) is 0 Å². The summed E-state index contributed by atoms with van der Waals surface area (Å²) < 4.78 is 5.43. The Morgan fingerprint density at radius 3 is 2.26 bits per heavy atom. The molecule has 1 N–H and O–H groups in total. The molecule has 156 valence electrons. The zero-order valence-electron chi connectivity index (χ0n) is 16.9. The first kappa shape index (κ1) is 20.3. The number of benzene rings is 3. The molecule has 1 aliphatic heterocycles. The van der Waals surface area contributed by atoms with Gasteiger partial charge in [-0.2, -0.15) is 0 Å². The molecule has 4 rings (SSSR count). The number of anilines is 2. The van der Waals surface area contributed by atoms with Gasteiger partial charge in [-0.25, -0.2) is 4.79 Å². The van der Waals surface area contributed by atoms with Crippen LogP contribution in [0, 0.1) is 0 Å². The average Bonchev–Trinajstić information content (AvgIpc) is 2.79. The van der Waals surface area contributed by atoms with Gasteiger partial charge in [-0.05, 0) is 36.2 Å². The van der Waals surface area contributed by atoms with Crippen molar-refractivity contribution in [2.24, 2.45) is 0 Å². The van der Waals surface area contributed by atoms with E-state index in [1.807, 2.05) is 36.4 Å². The zero-order chi connectivity index (χ0) is 21.6. The summed E-state index contributed by atoms with van der Waals surface area (Å²) in [4.78, 5) is 40.0. The van der Waals surface area contributed by atoms with E-state index in [1.54, 1.807) is 48.5 Å². The van der Waals surface area contributed by atoms with Crippen molar-refractivity contribution < 1.29 is 19.1 Å². The van der Waals surface area contributed by atoms with Gasteiger partial charge in [0.25, 0.3) is 0 Å². The van der Waals surface area contributed by atoms with Crippen molar-refractivity contribution >= 4 is 29.2 Å². The van der Waals surface area contributed by atoms with Crippen LogP contribution in [0.15, 0.2) is 84.9 Å². The molecule has 6 nitrogen and oxygen atoms in total. The van der Waals surface area contributed by atoms with Crippen LogP contribution >= 0.6 is 0 Å². The number of rotatable bonds is 6. The van der Waals surface area contributed by atoms with E-state index in [9.17, 15) is 14.4 Å². The minimum absolute atomic E-state index is 0.195. The van der Waals surface area contributed by atoms with Crippen LogP contribution in [0.25, 0.3) is 0 Å². The molecule has 3 aromatic rings. The molecule has 3 aromatic carbocycles. The van der Waals surface area contributed by atoms with E-state index in [-0.39, 0.29) is 24.7 Å². The Labute approximate surface area is 180 Å². The molecule has 0 aliphatic carbocycles. The van der Waals surface area contributed by atoms with Gasteiger partial charge in [0, 0.05) is 12.1 Å². The smallest absolute Gasteiger partial charge is 0.335 e. The minimum atomic E-state index is -1.03. The molecule has 31 heavy (non-hydrogen) atoms. The maximum absolute atomic E-state index is 13.2. The molecule has 1 unspecified atom stereocenters. The van der Waals surface area contributed by atoms with Crippen molar-refractivity contribution in [3.8, 4) is 5.75 Å². The standard InChI is InChI=1S/C25H22N2O4/c28-23(26-19-11-5-2-6-12-19)17-21-25(30)31-22-14-8-7-13-20(22)27(21)24(29)16-15-18-9-3-1-4-10-18/h1-14,21H,15-17H2,(H,26,28). The first-order valence-corrected chi connectivity index (χ1v) is 10.1. The summed E-state index contributed by atoms with van der Waals surface area (Å²) in [7, 11) is 0. The topological polar surface area (TPSA) is 75.7 Å². The molecule has 6 heteroatoms. The fraction of sp³-hybridized carbons (Fsp3) is 0.160. The number of hydrogen-bond donors (Lipinski definition) is 1. The Bertz CT molecular complexity index is 1080. The summed E-state index contributed by atoms with van der Waals surface area (Å²) in [5, 5.41) is 2.77. The Hall–Kier alpha value is -3.93. The van der Waals surface area contributed by atoms with Crippen LogP contribution < -0.4 is 15.0 Å². The van der Waals surface area contributed by atoms with Gasteiger partial charge < -0.3 is 10.1 Å². The first-order chi connectivity index (χ1) is 15.1. The fourth-order valence-electron chi connectivity index (χ4n) is 3.60. The molecule has 1 heterocycles. The summed E-state index contributed by atoms with van der Waals surface area (Å²) in [5.41, 5.74) is 2.15. The number of fused-ring (bicyclic) bond motifs is 1. The number of amides is 2. The summed E-state index contributed by atoms with van der Waals surface area (Å²) in [6.45, 7) is 0. The highest BCUT2D eigenvalue weighted by molar-refractivity contribution is 6.06. The maximum Gasteiger partial charge on any atom is 0.335 e. The molecule has 0 saturated carbocycles. The number of nitrogens with zero attached hydrogens (tertiary/aromatic N) is 1. The normalized spacial score (nSPS) is 15.0. The number of para-hydroxylation sites is 3. The summed E-state index contributed by atoms with van der Waals surface area (Å²) >= 11 is 0. The predicted octanol–water partition coefficient (Wildman–Crippen LogP) is 3.97. The van der Waals surface area contributed by atoms with E-state index in [1.165, 1.54) is 4.90 Å². The van der Waals surface area contributed by atoms with E-state index in [4.69, 9.17) is 4.74 Å². The molecule has 0 saturated heterocycles. The lowest BCUT2D eigenvalue weighted by atomic mass is 10.0. The predicted molar refractivity (Wildman–Crippen MR) is 118 cm³/mol. The second-order valence-electron chi connectivity index (χ2n) is 7.27. The molecule has 1 atom stereocenters. The van der Waals surface area contributed by atoms with E-state index < -0.39 is 12.0 Å². The molecule has 0 spiro atoms. The number of esters is 1. The van der Waals surface area contributed by atoms with Crippen LogP contribution in [0.5, 0.6) is 5.75 Å². The lowest BCUT2D eigenvalue weighted by Crippen LogP contribution is -2.51. The number of hydrogen-bond acceptors (Lipinski definition) is 4. The van der Waals surface area contributed by atoms with Gasteiger partial charge in [-0.3, -0.25) is 14.5 Å². The van der Waals surface area contributed by atoms with Crippen LogP contribution in [0.2, 0.25) is 0 Å². The van der Waals surface area contributed by atoms with Crippen LogP contribution in [-0.4, -0.2) is 23.8 Å². The van der Waals surface area contributed by atoms with Crippen molar-refractivity contribution in [1.82, 2.24) is 0 Å². The third kappa shape index (κ3) is 4.80. The molecule has 0 aromatic heterocycles. The Morgan fingerprint density at radius 2 is 1.52 bits per heavy atom. The van der Waals surface area contributed by atoms with Gasteiger partial charge in [-0.1, -0.05) is 60.7 Å². The lowest BCUT2D eigenvalue weighted by Gasteiger charge is -2.35.